The number of hydrogen-bond donors (Lipinski definition) is 3. The molecule has 4 rings (SSSR count). The first-order chi connectivity index (χ1) is 14.6. The maximum atomic E-state index is 12.5. The molecule has 0 aliphatic heterocycles. The smallest absolute Gasteiger partial charge is 0.407 e. The van der Waals surface area contributed by atoms with E-state index in [4.69, 9.17) is 4.74 Å². The summed E-state index contributed by atoms with van der Waals surface area (Å²) >= 11 is 1.54. The molecule has 2 aromatic heterocycles. The van der Waals surface area contributed by atoms with Crippen LogP contribution in [0.2, 0.25) is 0 Å². The number of fused-ring (bicyclic) bond motifs is 1. The Labute approximate surface area is 178 Å². The second-order valence-electron chi connectivity index (χ2n) is 7.54. The molecule has 2 atom stereocenters. The molecule has 2 amide bonds. The molecule has 0 spiro atoms. The van der Waals surface area contributed by atoms with Crippen molar-refractivity contribution in [1.82, 2.24) is 20.5 Å². The molecule has 3 N–H and O–H groups in total. The Balaban J connectivity index is 1.30. The third-order valence-corrected chi connectivity index (χ3v) is 6.20. The number of carbonyl (C=O) groups is 2. The molecule has 0 radical (unpaired) electrons. The van der Waals surface area contributed by atoms with Gasteiger partial charge in [0.15, 0.2) is 5.82 Å². The summed E-state index contributed by atoms with van der Waals surface area (Å²) in [6, 6.07) is 7.79. The first-order valence-corrected chi connectivity index (χ1v) is 11.1. The highest BCUT2D eigenvalue weighted by molar-refractivity contribution is 7.17. The number of nitrogens with one attached hydrogen (secondary N) is 3. The maximum Gasteiger partial charge on any atom is 0.407 e. The van der Waals surface area contributed by atoms with Gasteiger partial charge in [-0.25, -0.2) is 9.78 Å². The number of alkyl carbamates (subject to hydrolysis) is 1. The zero-order valence-electron chi connectivity index (χ0n) is 16.8. The van der Waals surface area contributed by atoms with Gasteiger partial charge in [-0.2, -0.15) is 5.10 Å². The summed E-state index contributed by atoms with van der Waals surface area (Å²) in [4.78, 5) is 28.5. The zero-order valence-corrected chi connectivity index (χ0v) is 17.6. The van der Waals surface area contributed by atoms with Crippen molar-refractivity contribution in [1.29, 1.82) is 0 Å². The Morgan fingerprint density at radius 2 is 2.23 bits per heavy atom. The summed E-state index contributed by atoms with van der Waals surface area (Å²) in [6.45, 7) is 2.40. The van der Waals surface area contributed by atoms with E-state index in [0.29, 0.717) is 12.4 Å². The van der Waals surface area contributed by atoms with Gasteiger partial charge in [0.05, 0.1) is 28.8 Å². The fourth-order valence-corrected chi connectivity index (χ4v) is 4.66. The van der Waals surface area contributed by atoms with Crippen LogP contribution in [0.5, 0.6) is 0 Å². The normalized spacial score (nSPS) is 18.4. The number of hydrogen-bond acceptors (Lipinski definition) is 6. The van der Waals surface area contributed by atoms with Gasteiger partial charge in [-0.1, -0.05) is 19.1 Å². The summed E-state index contributed by atoms with van der Waals surface area (Å²) in [7, 11) is 0. The Kier molecular flexibility index (Phi) is 6.27. The van der Waals surface area contributed by atoms with Crippen LogP contribution in [0.15, 0.2) is 29.8 Å². The van der Waals surface area contributed by atoms with E-state index in [1.807, 2.05) is 31.2 Å². The third kappa shape index (κ3) is 4.79. The van der Waals surface area contributed by atoms with Gasteiger partial charge in [-0.3, -0.25) is 9.89 Å². The minimum absolute atomic E-state index is 0.0978. The molecule has 1 saturated carbocycles. The lowest BCUT2D eigenvalue weighted by Crippen LogP contribution is -2.33. The van der Waals surface area contributed by atoms with Crippen LogP contribution in [-0.4, -0.2) is 39.8 Å². The first kappa shape index (κ1) is 20.3. The van der Waals surface area contributed by atoms with E-state index in [1.165, 1.54) is 11.3 Å². The molecule has 0 unspecified atom stereocenters. The lowest BCUT2D eigenvalue weighted by Gasteiger charge is -2.12. The van der Waals surface area contributed by atoms with Crippen molar-refractivity contribution in [2.75, 3.05) is 11.9 Å². The lowest BCUT2D eigenvalue weighted by molar-refractivity contribution is -0.115. The van der Waals surface area contributed by atoms with Gasteiger partial charge in [0.1, 0.15) is 0 Å². The highest BCUT2D eigenvalue weighted by atomic mass is 32.1. The standard InChI is InChI=1S/C21H25N5O3S/c1-2-8-29-21(28)23-15-7-6-13(9-15)17-11-18(26-25-17)24-19(27)10-14-4-3-5-16-20(14)30-12-22-16/h3-5,11-13,15H,2,6-10H2,1H3,(H,23,28)(H2,24,25,26,27)/t13-,15+/m0/s1. The average Bonchev–Trinajstić information content (AvgIpc) is 3.47. The molecular formula is C21H25N5O3S. The van der Waals surface area contributed by atoms with Gasteiger partial charge < -0.3 is 15.4 Å². The minimum Gasteiger partial charge on any atom is -0.450 e. The largest absolute Gasteiger partial charge is 0.450 e. The monoisotopic (exact) mass is 427 g/mol. The number of aromatic nitrogens is 3. The number of amides is 2. The first-order valence-electron chi connectivity index (χ1n) is 10.2. The predicted molar refractivity (Wildman–Crippen MR) is 116 cm³/mol. The average molecular weight is 428 g/mol. The second kappa shape index (κ2) is 9.25. The molecule has 3 aromatic rings. The molecular weight excluding hydrogens is 402 g/mol. The molecule has 1 fully saturated rings. The molecule has 2 heterocycles. The van der Waals surface area contributed by atoms with Gasteiger partial charge in [0.25, 0.3) is 0 Å². The number of nitrogens with zero attached hydrogens (tertiary/aromatic N) is 2. The molecule has 8 nitrogen and oxygen atoms in total. The Hall–Kier alpha value is -2.94. The van der Waals surface area contributed by atoms with Gasteiger partial charge in [-0.15, -0.1) is 11.3 Å². The summed E-state index contributed by atoms with van der Waals surface area (Å²) < 4.78 is 6.13. The molecule has 1 aliphatic rings. The van der Waals surface area contributed by atoms with Gasteiger partial charge in [0.2, 0.25) is 5.91 Å². The molecule has 30 heavy (non-hydrogen) atoms. The van der Waals surface area contributed by atoms with Crippen LogP contribution in [0.25, 0.3) is 10.2 Å². The quantitative estimate of drug-likeness (QED) is 0.529. The van der Waals surface area contributed by atoms with E-state index in [-0.39, 0.29) is 30.4 Å². The summed E-state index contributed by atoms with van der Waals surface area (Å²) in [5.74, 6) is 0.675. The van der Waals surface area contributed by atoms with Gasteiger partial charge in [-0.05, 0) is 37.3 Å². The van der Waals surface area contributed by atoms with E-state index in [2.05, 4.69) is 25.8 Å². The summed E-state index contributed by atoms with van der Waals surface area (Å²) in [5, 5.41) is 13.1. The number of carbonyl (C=O) groups excluding carboxylic acids is 2. The highest BCUT2D eigenvalue weighted by Gasteiger charge is 2.28. The van der Waals surface area contributed by atoms with E-state index in [1.54, 1.807) is 5.51 Å². The number of ether oxygens (including phenoxy) is 1. The van der Waals surface area contributed by atoms with Crippen LogP contribution in [0.3, 0.4) is 0 Å². The number of aromatic amines is 1. The van der Waals surface area contributed by atoms with Crippen molar-refractivity contribution >= 4 is 39.4 Å². The van der Waals surface area contributed by atoms with Crippen LogP contribution < -0.4 is 10.6 Å². The fraction of sp³-hybridized carbons (Fsp3) is 0.429. The highest BCUT2D eigenvalue weighted by Crippen LogP contribution is 2.34. The Bertz CT molecular complexity index is 1030. The van der Waals surface area contributed by atoms with Crippen molar-refractivity contribution in [3.63, 3.8) is 0 Å². The molecule has 0 saturated heterocycles. The number of thiazole rings is 1. The molecule has 9 heteroatoms. The van der Waals surface area contributed by atoms with Gasteiger partial charge in [0, 0.05) is 23.7 Å². The minimum atomic E-state index is -0.351. The topological polar surface area (TPSA) is 109 Å². The molecule has 0 bridgehead atoms. The van der Waals surface area contributed by atoms with E-state index in [9.17, 15) is 9.59 Å². The van der Waals surface area contributed by atoms with Crippen LogP contribution in [0.4, 0.5) is 10.6 Å². The number of anilines is 1. The molecule has 1 aliphatic carbocycles. The van der Waals surface area contributed by atoms with Crippen LogP contribution in [0, 0.1) is 0 Å². The molecule has 1 aromatic carbocycles. The van der Waals surface area contributed by atoms with Crippen molar-refractivity contribution in [2.24, 2.45) is 0 Å². The zero-order chi connectivity index (χ0) is 20.9. The molecule has 158 valence electrons. The van der Waals surface area contributed by atoms with E-state index >= 15 is 0 Å². The number of rotatable bonds is 7. The van der Waals surface area contributed by atoms with Crippen molar-refractivity contribution in [3.05, 3.63) is 41.0 Å². The SMILES string of the molecule is CCCOC(=O)N[C@@H]1CC[C@H](c2cc(NC(=O)Cc3cccc4ncsc34)n[nH]2)C1. The number of benzene rings is 1. The van der Waals surface area contributed by atoms with Crippen LogP contribution in [-0.2, 0) is 16.0 Å². The van der Waals surface area contributed by atoms with Crippen molar-refractivity contribution in [2.45, 2.75) is 51.0 Å². The number of H-pyrrole nitrogens is 1. The lowest BCUT2D eigenvalue weighted by atomic mass is 10.0. The maximum absolute atomic E-state index is 12.5. The van der Waals surface area contributed by atoms with E-state index in [0.717, 1.165) is 47.2 Å². The predicted octanol–water partition coefficient (Wildman–Crippen LogP) is 3.97. The van der Waals surface area contributed by atoms with E-state index < -0.39 is 0 Å². The Morgan fingerprint density at radius 1 is 1.33 bits per heavy atom. The third-order valence-electron chi connectivity index (χ3n) is 5.29. The fourth-order valence-electron chi connectivity index (χ4n) is 3.85. The van der Waals surface area contributed by atoms with Crippen LogP contribution in [0.1, 0.15) is 49.8 Å². The van der Waals surface area contributed by atoms with Gasteiger partial charge >= 0.3 is 6.09 Å². The second-order valence-corrected chi connectivity index (χ2v) is 8.39. The van der Waals surface area contributed by atoms with Crippen LogP contribution >= 0.6 is 11.3 Å². The summed E-state index contributed by atoms with van der Waals surface area (Å²) in [5.41, 5.74) is 4.64. The van der Waals surface area contributed by atoms with Crippen molar-refractivity contribution < 1.29 is 14.3 Å². The summed E-state index contributed by atoms with van der Waals surface area (Å²) in [6.07, 6.45) is 3.40. The Morgan fingerprint density at radius 3 is 3.10 bits per heavy atom. The van der Waals surface area contributed by atoms with Crippen molar-refractivity contribution in [3.8, 4) is 0 Å².